The molecule has 1 aliphatic heterocycles. The molecule has 1 saturated heterocycles. The quantitative estimate of drug-likeness (QED) is 0.788. The molecule has 1 aliphatic rings. The van der Waals surface area contributed by atoms with Gasteiger partial charge in [0.15, 0.2) is 0 Å². The van der Waals surface area contributed by atoms with Gasteiger partial charge in [0.1, 0.15) is 0 Å². The Morgan fingerprint density at radius 2 is 2.06 bits per heavy atom. The fraction of sp³-hybridized carbons (Fsp3) is 1.00. The summed E-state index contributed by atoms with van der Waals surface area (Å²) < 4.78 is 0. The molecule has 3 atom stereocenters. The lowest BCUT2D eigenvalue weighted by Crippen LogP contribution is -2.46. The number of nitrogens with two attached hydrogens (primary N) is 1. The molecule has 0 saturated carbocycles. The summed E-state index contributed by atoms with van der Waals surface area (Å²) in [5.41, 5.74) is 6.25. The Balaban J connectivity index is 2.45. The lowest BCUT2D eigenvalue weighted by molar-refractivity contribution is 0.177. The Morgan fingerprint density at radius 3 is 2.69 bits per heavy atom. The van der Waals surface area contributed by atoms with E-state index in [1.54, 1.807) is 0 Å². The zero-order chi connectivity index (χ0) is 12.1. The molecule has 1 heterocycles. The van der Waals surface area contributed by atoms with E-state index in [2.05, 4.69) is 37.6 Å². The molecule has 0 aromatic heterocycles. The van der Waals surface area contributed by atoms with E-state index in [9.17, 15) is 0 Å². The third-order valence-corrected chi connectivity index (χ3v) is 4.00. The van der Waals surface area contributed by atoms with Crippen LogP contribution in [0.1, 0.15) is 33.6 Å². The molecule has 0 spiro atoms. The van der Waals surface area contributed by atoms with Gasteiger partial charge in [-0.25, -0.2) is 0 Å². The maximum Gasteiger partial charge on any atom is 0.0195 e. The molecular weight excluding hydrogens is 198 g/mol. The van der Waals surface area contributed by atoms with Crippen LogP contribution in [0.4, 0.5) is 0 Å². The van der Waals surface area contributed by atoms with Gasteiger partial charge < -0.3 is 10.6 Å². The minimum absolute atomic E-state index is 0.329. The van der Waals surface area contributed by atoms with Gasteiger partial charge in [0.05, 0.1) is 0 Å². The number of likely N-dealkylation sites (N-methyl/N-ethyl adjacent to an activating group) is 1. The summed E-state index contributed by atoms with van der Waals surface area (Å²) in [7, 11) is 2.22. The molecule has 3 unspecified atom stereocenters. The van der Waals surface area contributed by atoms with Gasteiger partial charge in [-0.1, -0.05) is 20.3 Å². The summed E-state index contributed by atoms with van der Waals surface area (Å²) in [4.78, 5) is 5.00. The lowest BCUT2D eigenvalue weighted by Gasteiger charge is -2.32. The second-order valence-corrected chi connectivity index (χ2v) is 5.51. The van der Waals surface area contributed by atoms with Crippen molar-refractivity contribution in [2.75, 3.05) is 33.2 Å². The molecular formula is C13H29N3. The average molecular weight is 227 g/mol. The number of nitrogens with zero attached hydrogens (tertiary/aromatic N) is 2. The van der Waals surface area contributed by atoms with E-state index in [0.29, 0.717) is 18.0 Å². The van der Waals surface area contributed by atoms with Crippen molar-refractivity contribution in [1.82, 2.24) is 9.80 Å². The van der Waals surface area contributed by atoms with Gasteiger partial charge in [-0.15, -0.1) is 0 Å². The topological polar surface area (TPSA) is 32.5 Å². The molecule has 0 aromatic rings. The van der Waals surface area contributed by atoms with Gasteiger partial charge in [-0.3, -0.25) is 4.90 Å². The van der Waals surface area contributed by atoms with Crippen molar-refractivity contribution in [3.8, 4) is 0 Å². The van der Waals surface area contributed by atoms with Crippen LogP contribution >= 0.6 is 0 Å². The van der Waals surface area contributed by atoms with Gasteiger partial charge in [0.2, 0.25) is 0 Å². The lowest BCUT2D eigenvalue weighted by atomic mass is 9.99. The maximum absolute atomic E-state index is 6.25. The molecule has 96 valence electrons. The first-order chi connectivity index (χ1) is 7.54. The Labute approximate surface area is 101 Å². The van der Waals surface area contributed by atoms with Crippen LogP contribution in [0.2, 0.25) is 0 Å². The monoisotopic (exact) mass is 227 g/mol. The van der Waals surface area contributed by atoms with Gasteiger partial charge >= 0.3 is 0 Å². The molecule has 1 rings (SSSR count). The van der Waals surface area contributed by atoms with Gasteiger partial charge in [0.25, 0.3) is 0 Å². The molecule has 2 N–H and O–H groups in total. The summed E-state index contributed by atoms with van der Waals surface area (Å²) in [6, 6.07) is 0.971. The van der Waals surface area contributed by atoms with Crippen molar-refractivity contribution in [2.45, 2.75) is 45.7 Å². The van der Waals surface area contributed by atoms with Crippen molar-refractivity contribution in [3.63, 3.8) is 0 Å². The van der Waals surface area contributed by atoms with Crippen molar-refractivity contribution < 1.29 is 0 Å². The second kappa shape index (κ2) is 6.58. The fourth-order valence-electron chi connectivity index (χ4n) is 2.45. The zero-order valence-electron chi connectivity index (χ0n) is 11.4. The van der Waals surface area contributed by atoms with Crippen LogP contribution in [0.25, 0.3) is 0 Å². The SMILES string of the molecule is CCC(C)C(N)CN1CCCN(C)CC1C. The van der Waals surface area contributed by atoms with Gasteiger partial charge in [-0.2, -0.15) is 0 Å². The summed E-state index contributed by atoms with van der Waals surface area (Å²) in [6.07, 6.45) is 2.46. The van der Waals surface area contributed by atoms with E-state index >= 15 is 0 Å². The van der Waals surface area contributed by atoms with Crippen LogP contribution in [0, 0.1) is 5.92 Å². The summed E-state index contributed by atoms with van der Waals surface area (Å²) in [5, 5.41) is 0. The molecule has 0 bridgehead atoms. The van der Waals surface area contributed by atoms with Crippen molar-refractivity contribution in [2.24, 2.45) is 11.7 Å². The first-order valence-corrected chi connectivity index (χ1v) is 6.72. The predicted octanol–water partition coefficient (Wildman–Crippen LogP) is 1.39. The Morgan fingerprint density at radius 1 is 1.38 bits per heavy atom. The fourth-order valence-corrected chi connectivity index (χ4v) is 2.45. The van der Waals surface area contributed by atoms with Crippen LogP contribution < -0.4 is 5.73 Å². The first kappa shape index (κ1) is 13.9. The normalized spacial score (nSPS) is 28.7. The smallest absolute Gasteiger partial charge is 0.0195 e. The maximum atomic E-state index is 6.25. The van der Waals surface area contributed by atoms with Crippen molar-refractivity contribution in [1.29, 1.82) is 0 Å². The minimum Gasteiger partial charge on any atom is -0.326 e. The average Bonchev–Trinajstić information content (AvgIpc) is 2.39. The van der Waals surface area contributed by atoms with E-state index in [-0.39, 0.29) is 0 Å². The summed E-state index contributed by atoms with van der Waals surface area (Å²) >= 11 is 0. The molecule has 0 amide bonds. The molecule has 3 heteroatoms. The number of rotatable bonds is 4. The highest BCUT2D eigenvalue weighted by Gasteiger charge is 2.22. The van der Waals surface area contributed by atoms with Crippen LogP contribution in [0.3, 0.4) is 0 Å². The highest BCUT2D eigenvalue weighted by Crippen LogP contribution is 2.12. The van der Waals surface area contributed by atoms with E-state index in [1.165, 1.54) is 32.5 Å². The molecule has 0 radical (unpaired) electrons. The van der Waals surface area contributed by atoms with E-state index in [1.807, 2.05) is 0 Å². The highest BCUT2D eigenvalue weighted by molar-refractivity contribution is 4.80. The molecule has 1 fully saturated rings. The third-order valence-electron chi connectivity index (χ3n) is 4.00. The minimum atomic E-state index is 0.329. The standard InChI is InChI=1S/C13H29N3/c1-5-11(2)13(14)10-16-8-6-7-15(4)9-12(16)3/h11-13H,5-10,14H2,1-4H3. The Hall–Kier alpha value is -0.120. The van der Waals surface area contributed by atoms with Crippen LogP contribution in [0.5, 0.6) is 0 Å². The molecule has 0 aromatic carbocycles. The van der Waals surface area contributed by atoms with E-state index in [0.717, 1.165) is 6.54 Å². The summed E-state index contributed by atoms with van der Waals surface area (Å²) in [6.45, 7) is 11.5. The Kier molecular flexibility index (Phi) is 5.73. The van der Waals surface area contributed by atoms with Crippen LogP contribution in [-0.2, 0) is 0 Å². The first-order valence-electron chi connectivity index (χ1n) is 6.72. The van der Waals surface area contributed by atoms with Gasteiger partial charge in [0, 0.05) is 25.2 Å². The predicted molar refractivity (Wildman–Crippen MR) is 70.6 cm³/mol. The van der Waals surface area contributed by atoms with Crippen molar-refractivity contribution in [3.05, 3.63) is 0 Å². The van der Waals surface area contributed by atoms with Gasteiger partial charge in [-0.05, 0) is 39.4 Å². The third kappa shape index (κ3) is 4.04. The molecule has 16 heavy (non-hydrogen) atoms. The second-order valence-electron chi connectivity index (χ2n) is 5.51. The zero-order valence-corrected chi connectivity index (χ0v) is 11.4. The summed E-state index contributed by atoms with van der Waals surface area (Å²) in [5.74, 6) is 0.633. The highest BCUT2D eigenvalue weighted by atomic mass is 15.2. The van der Waals surface area contributed by atoms with Crippen LogP contribution in [-0.4, -0.2) is 55.1 Å². The van der Waals surface area contributed by atoms with Crippen LogP contribution in [0.15, 0.2) is 0 Å². The van der Waals surface area contributed by atoms with E-state index in [4.69, 9.17) is 5.73 Å². The number of hydrogen-bond acceptors (Lipinski definition) is 3. The van der Waals surface area contributed by atoms with E-state index < -0.39 is 0 Å². The number of hydrogen-bond donors (Lipinski definition) is 1. The Bertz CT molecular complexity index is 196. The molecule has 3 nitrogen and oxygen atoms in total. The molecule has 0 aliphatic carbocycles. The largest absolute Gasteiger partial charge is 0.326 e. The van der Waals surface area contributed by atoms with Crippen molar-refractivity contribution >= 4 is 0 Å².